The van der Waals surface area contributed by atoms with E-state index in [4.69, 9.17) is 14.7 Å². The Hall–Kier alpha value is -3.86. The molecule has 0 radical (unpaired) electrons. The van der Waals surface area contributed by atoms with Crippen molar-refractivity contribution in [2.45, 2.75) is 19.4 Å². The fraction of sp³-hybridized carbons (Fsp3) is 0.238. The van der Waals surface area contributed by atoms with Crippen LogP contribution >= 0.6 is 0 Å². The van der Waals surface area contributed by atoms with Gasteiger partial charge in [0, 0.05) is 12.2 Å². The minimum absolute atomic E-state index is 0.0678. The number of hydrogen-bond acceptors (Lipinski definition) is 6. The summed E-state index contributed by atoms with van der Waals surface area (Å²) in [6.45, 7) is 1.49. The molecular formula is C21H19N3O5. The number of fused-ring (bicyclic) bond motifs is 1. The van der Waals surface area contributed by atoms with Crippen LogP contribution < -0.4 is 15.0 Å². The van der Waals surface area contributed by atoms with Crippen molar-refractivity contribution in [2.75, 3.05) is 23.4 Å². The van der Waals surface area contributed by atoms with Gasteiger partial charge in [0.15, 0.2) is 12.7 Å². The summed E-state index contributed by atoms with van der Waals surface area (Å²) < 4.78 is 10.5. The fourth-order valence-electron chi connectivity index (χ4n) is 2.82. The monoisotopic (exact) mass is 393 g/mol. The predicted octanol–water partition coefficient (Wildman–Crippen LogP) is 2.24. The topological polar surface area (TPSA) is 109 Å². The summed E-state index contributed by atoms with van der Waals surface area (Å²) in [6, 6.07) is 15.5. The number of carbonyl (C=O) groups is 3. The molecule has 0 aromatic heterocycles. The second kappa shape index (κ2) is 8.89. The third kappa shape index (κ3) is 4.90. The van der Waals surface area contributed by atoms with Crippen LogP contribution in [0.2, 0.25) is 0 Å². The van der Waals surface area contributed by atoms with Crippen molar-refractivity contribution in [1.29, 1.82) is 5.26 Å². The quantitative estimate of drug-likeness (QED) is 0.754. The van der Waals surface area contributed by atoms with Crippen LogP contribution in [0, 0.1) is 11.3 Å². The Kier molecular flexibility index (Phi) is 6.09. The smallest absolute Gasteiger partial charge is 0.308 e. The first-order chi connectivity index (χ1) is 14.0. The van der Waals surface area contributed by atoms with Crippen molar-refractivity contribution in [3.63, 3.8) is 0 Å². The van der Waals surface area contributed by atoms with E-state index in [-0.39, 0.29) is 25.5 Å². The lowest BCUT2D eigenvalue weighted by atomic mass is 10.2. The van der Waals surface area contributed by atoms with Gasteiger partial charge < -0.3 is 19.7 Å². The van der Waals surface area contributed by atoms with Crippen molar-refractivity contribution in [3.05, 3.63) is 54.1 Å². The lowest BCUT2D eigenvalue weighted by Crippen LogP contribution is -2.40. The maximum Gasteiger partial charge on any atom is 0.308 e. The van der Waals surface area contributed by atoms with Crippen molar-refractivity contribution in [2.24, 2.45) is 0 Å². The highest BCUT2D eigenvalue weighted by molar-refractivity contribution is 5.98. The van der Waals surface area contributed by atoms with Gasteiger partial charge in [-0.05, 0) is 37.3 Å². The molecule has 2 aromatic rings. The van der Waals surface area contributed by atoms with E-state index < -0.39 is 18.0 Å². The number of para-hydroxylation sites is 2. The van der Waals surface area contributed by atoms with Gasteiger partial charge in [-0.15, -0.1) is 0 Å². The van der Waals surface area contributed by atoms with Gasteiger partial charge in [0.2, 0.25) is 0 Å². The Bertz CT molecular complexity index is 982. The number of esters is 1. The zero-order valence-electron chi connectivity index (χ0n) is 15.8. The SMILES string of the molecule is C[C@H](OC(=O)CCN1C(=O)COc2ccccc21)C(=O)Nc1cccc(C#N)c1. The van der Waals surface area contributed by atoms with Crippen LogP contribution in [0.15, 0.2) is 48.5 Å². The van der Waals surface area contributed by atoms with Crippen molar-refractivity contribution in [1.82, 2.24) is 0 Å². The second-order valence-electron chi connectivity index (χ2n) is 6.37. The molecule has 0 spiro atoms. The Morgan fingerprint density at radius 2 is 2.07 bits per heavy atom. The number of nitriles is 1. The highest BCUT2D eigenvalue weighted by Crippen LogP contribution is 2.31. The van der Waals surface area contributed by atoms with Crippen molar-refractivity contribution >= 4 is 29.2 Å². The first kappa shape index (κ1) is 19.9. The first-order valence-electron chi connectivity index (χ1n) is 9.00. The van der Waals surface area contributed by atoms with Gasteiger partial charge >= 0.3 is 5.97 Å². The van der Waals surface area contributed by atoms with Crippen LogP contribution in [0.1, 0.15) is 18.9 Å². The molecule has 1 heterocycles. The minimum atomic E-state index is -1.03. The molecule has 148 valence electrons. The maximum atomic E-state index is 12.2. The molecule has 0 saturated carbocycles. The molecule has 0 unspecified atom stereocenters. The normalized spacial score (nSPS) is 13.5. The van der Waals surface area contributed by atoms with E-state index in [2.05, 4.69) is 5.32 Å². The molecule has 1 atom stereocenters. The summed E-state index contributed by atoms with van der Waals surface area (Å²) in [5.41, 5.74) is 1.44. The summed E-state index contributed by atoms with van der Waals surface area (Å²) in [5, 5.41) is 11.5. The number of anilines is 2. The van der Waals surface area contributed by atoms with E-state index in [0.29, 0.717) is 22.7 Å². The van der Waals surface area contributed by atoms with Crippen molar-refractivity contribution < 1.29 is 23.9 Å². The van der Waals surface area contributed by atoms with Crippen LogP contribution in [0.5, 0.6) is 5.75 Å². The molecule has 8 heteroatoms. The van der Waals surface area contributed by atoms with Crippen molar-refractivity contribution in [3.8, 4) is 11.8 Å². The maximum absolute atomic E-state index is 12.2. The molecular weight excluding hydrogens is 374 g/mol. The molecule has 2 aromatic carbocycles. The number of carbonyl (C=O) groups excluding carboxylic acids is 3. The van der Waals surface area contributed by atoms with E-state index in [1.807, 2.05) is 6.07 Å². The average Bonchev–Trinajstić information content (AvgIpc) is 2.73. The Balaban J connectivity index is 1.53. The Morgan fingerprint density at radius 3 is 2.86 bits per heavy atom. The molecule has 2 amide bonds. The number of nitrogens with zero attached hydrogens (tertiary/aromatic N) is 2. The molecule has 0 aliphatic carbocycles. The van der Waals surface area contributed by atoms with Gasteiger partial charge in [-0.3, -0.25) is 14.4 Å². The Labute approximate surface area is 167 Å². The van der Waals surface area contributed by atoms with E-state index >= 15 is 0 Å². The molecule has 0 saturated heterocycles. The molecule has 3 rings (SSSR count). The van der Waals surface area contributed by atoms with E-state index in [1.54, 1.807) is 42.5 Å². The molecule has 29 heavy (non-hydrogen) atoms. The molecule has 1 N–H and O–H groups in total. The van der Waals surface area contributed by atoms with Crippen LogP contribution in [0.3, 0.4) is 0 Å². The number of ether oxygens (including phenoxy) is 2. The fourth-order valence-corrected chi connectivity index (χ4v) is 2.82. The third-order valence-corrected chi connectivity index (χ3v) is 4.28. The zero-order chi connectivity index (χ0) is 20.8. The lowest BCUT2D eigenvalue weighted by molar-refractivity contribution is -0.153. The molecule has 8 nitrogen and oxygen atoms in total. The number of rotatable bonds is 6. The predicted molar refractivity (Wildman–Crippen MR) is 104 cm³/mol. The number of amides is 2. The van der Waals surface area contributed by atoms with Gasteiger partial charge in [-0.1, -0.05) is 18.2 Å². The van der Waals surface area contributed by atoms with Crippen LogP contribution in [-0.4, -0.2) is 37.0 Å². The summed E-state index contributed by atoms with van der Waals surface area (Å²) >= 11 is 0. The van der Waals surface area contributed by atoms with Crippen LogP contribution in [0.4, 0.5) is 11.4 Å². The average molecular weight is 393 g/mol. The summed E-state index contributed by atoms with van der Waals surface area (Å²) in [7, 11) is 0. The van der Waals surface area contributed by atoms with Gasteiger partial charge in [0.25, 0.3) is 11.8 Å². The molecule has 0 fully saturated rings. The standard InChI is InChI=1S/C21H19N3O5/c1-14(21(27)23-16-6-4-5-15(11-16)12-22)29-20(26)9-10-24-17-7-2-3-8-18(17)28-13-19(24)25/h2-8,11,14H,9-10,13H2,1H3,(H,23,27)/t14-/m0/s1. The highest BCUT2D eigenvalue weighted by Gasteiger charge is 2.26. The minimum Gasteiger partial charge on any atom is -0.482 e. The van der Waals surface area contributed by atoms with Gasteiger partial charge in [-0.2, -0.15) is 5.26 Å². The molecule has 0 bridgehead atoms. The lowest BCUT2D eigenvalue weighted by Gasteiger charge is -2.29. The molecule has 1 aliphatic heterocycles. The largest absolute Gasteiger partial charge is 0.482 e. The Morgan fingerprint density at radius 1 is 1.28 bits per heavy atom. The number of hydrogen-bond donors (Lipinski definition) is 1. The first-order valence-corrected chi connectivity index (χ1v) is 9.00. The van der Waals surface area contributed by atoms with Gasteiger partial charge in [0.05, 0.1) is 23.7 Å². The van der Waals surface area contributed by atoms with E-state index in [1.165, 1.54) is 17.9 Å². The summed E-state index contributed by atoms with van der Waals surface area (Å²) in [5.74, 6) is -0.788. The third-order valence-electron chi connectivity index (χ3n) is 4.28. The summed E-state index contributed by atoms with van der Waals surface area (Å²) in [4.78, 5) is 38.0. The highest BCUT2D eigenvalue weighted by atomic mass is 16.5. The van der Waals surface area contributed by atoms with Gasteiger partial charge in [0.1, 0.15) is 5.75 Å². The number of nitrogens with one attached hydrogen (secondary N) is 1. The van der Waals surface area contributed by atoms with Gasteiger partial charge in [-0.25, -0.2) is 0 Å². The van der Waals surface area contributed by atoms with E-state index in [0.717, 1.165) is 0 Å². The van der Waals surface area contributed by atoms with E-state index in [9.17, 15) is 14.4 Å². The van der Waals surface area contributed by atoms with Crippen LogP contribution in [0.25, 0.3) is 0 Å². The number of benzene rings is 2. The summed E-state index contributed by atoms with van der Waals surface area (Å²) in [6.07, 6.45) is -1.09. The van der Waals surface area contributed by atoms with Crippen LogP contribution in [-0.2, 0) is 19.1 Å². The molecule has 1 aliphatic rings. The zero-order valence-corrected chi connectivity index (χ0v) is 15.8. The second-order valence-corrected chi connectivity index (χ2v) is 6.37.